The third kappa shape index (κ3) is 3.68. The van der Waals surface area contributed by atoms with Gasteiger partial charge in [-0.05, 0) is 18.2 Å². The smallest absolute Gasteiger partial charge is 0.326 e. The van der Waals surface area contributed by atoms with E-state index in [2.05, 4.69) is 5.32 Å². The lowest BCUT2D eigenvalue weighted by Gasteiger charge is -2.13. The number of halogens is 2. The Hall–Kier alpha value is -1.66. The van der Waals surface area contributed by atoms with E-state index in [-0.39, 0.29) is 23.6 Å². The van der Waals surface area contributed by atoms with Crippen molar-refractivity contribution < 1.29 is 24.2 Å². The number of rotatable bonds is 5. The van der Waals surface area contributed by atoms with Crippen molar-refractivity contribution in [2.75, 3.05) is 6.61 Å². The summed E-state index contributed by atoms with van der Waals surface area (Å²) in [6, 6.07) is 2.10. The van der Waals surface area contributed by atoms with E-state index < -0.39 is 23.7 Å². The fourth-order valence-electron chi connectivity index (χ4n) is 1.27. The third-order valence-corrected chi connectivity index (χ3v) is 2.49. The predicted octanol–water partition coefficient (Wildman–Crippen LogP) is 1.04. The highest BCUT2D eigenvalue weighted by atomic mass is 35.5. The Balaban J connectivity index is 2.80. The Labute approximate surface area is 107 Å². The number of carboxylic acids is 1. The first-order valence-corrected chi connectivity index (χ1v) is 5.43. The molecule has 0 aromatic heterocycles. The number of hydrogen-bond acceptors (Lipinski definition) is 3. The van der Waals surface area contributed by atoms with Gasteiger partial charge in [-0.25, -0.2) is 9.18 Å². The molecule has 0 aliphatic rings. The van der Waals surface area contributed by atoms with E-state index in [1.54, 1.807) is 0 Å². The van der Waals surface area contributed by atoms with Gasteiger partial charge >= 0.3 is 5.97 Å². The molecule has 0 heterocycles. The molecule has 1 aromatic rings. The van der Waals surface area contributed by atoms with Crippen LogP contribution in [-0.2, 0) is 4.79 Å². The second-order valence-corrected chi connectivity index (χ2v) is 3.91. The minimum absolute atomic E-state index is 0.0468. The van der Waals surface area contributed by atoms with E-state index in [0.29, 0.717) is 0 Å². The fraction of sp³-hybridized carbons (Fsp3) is 0.273. The number of hydrogen-bond donors (Lipinski definition) is 3. The molecule has 1 amide bonds. The van der Waals surface area contributed by atoms with Gasteiger partial charge in [0.25, 0.3) is 5.91 Å². The second-order valence-electron chi connectivity index (χ2n) is 3.51. The number of aliphatic hydroxyl groups excluding tert-OH is 1. The number of carbonyl (C=O) groups excluding carboxylic acids is 1. The maximum absolute atomic E-state index is 12.9. The van der Waals surface area contributed by atoms with Gasteiger partial charge in [0, 0.05) is 18.6 Å². The Morgan fingerprint density at radius 3 is 2.61 bits per heavy atom. The molecule has 5 nitrogen and oxygen atoms in total. The Kier molecular flexibility index (Phi) is 5.06. The van der Waals surface area contributed by atoms with Crippen molar-refractivity contribution >= 4 is 23.5 Å². The van der Waals surface area contributed by atoms with Gasteiger partial charge in [0.1, 0.15) is 11.9 Å². The number of amides is 1. The first-order chi connectivity index (χ1) is 8.45. The molecule has 7 heteroatoms. The van der Waals surface area contributed by atoms with Crippen LogP contribution in [-0.4, -0.2) is 34.7 Å². The molecule has 1 atom stereocenters. The molecule has 0 aliphatic heterocycles. The Morgan fingerprint density at radius 2 is 2.11 bits per heavy atom. The van der Waals surface area contributed by atoms with E-state index in [4.69, 9.17) is 21.8 Å². The van der Waals surface area contributed by atoms with E-state index in [9.17, 15) is 14.0 Å². The molecular weight excluding hydrogens is 265 g/mol. The first-order valence-electron chi connectivity index (χ1n) is 5.05. The van der Waals surface area contributed by atoms with Crippen molar-refractivity contribution in [1.29, 1.82) is 0 Å². The number of aliphatic hydroxyl groups is 1. The van der Waals surface area contributed by atoms with Crippen LogP contribution in [0.2, 0.25) is 5.02 Å². The van der Waals surface area contributed by atoms with Gasteiger partial charge in [-0.2, -0.15) is 0 Å². The quantitative estimate of drug-likeness (QED) is 0.749. The third-order valence-electron chi connectivity index (χ3n) is 2.20. The van der Waals surface area contributed by atoms with Crippen LogP contribution in [0.3, 0.4) is 0 Å². The zero-order valence-electron chi connectivity index (χ0n) is 9.19. The number of aliphatic carboxylic acids is 1. The van der Waals surface area contributed by atoms with Gasteiger partial charge in [0.05, 0.1) is 5.02 Å². The van der Waals surface area contributed by atoms with Crippen LogP contribution in [0.4, 0.5) is 4.39 Å². The van der Waals surface area contributed by atoms with Gasteiger partial charge in [-0.3, -0.25) is 4.79 Å². The normalized spacial score (nSPS) is 11.9. The summed E-state index contributed by atoms with van der Waals surface area (Å²) in [5.74, 6) is -2.62. The molecule has 0 radical (unpaired) electrons. The molecule has 18 heavy (non-hydrogen) atoms. The number of carbonyl (C=O) groups is 2. The summed E-state index contributed by atoms with van der Waals surface area (Å²) >= 11 is 5.51. The lowest BCUT2D eigenvalue weighted by atomic mass is 10.1. The summed E-state index contributed by atoms with van der Waals surface area (Å²) in [6.07, 6.45) is -0.115. The lowest BCUT2D eigenvalue weighted by Crippen LogP contribution is -2.41. The van der Waals surface area contributed by atoms with Crippen molar-refractivity contribution in [3.63, 3.8) is 0 Å². The minimum Gasteiger partial charge on any atom is -0.480 e. The molecule has 0 aliphatic carbocycles. The highest BCUT2D eigenvalue weighted by Crippen LogP contribution is 2.16. The molecule has 0 fully saturated rings. The molecule has 0 saturated heterocycles. The zero-order valence-corrected chi connectivity index (χ0v) is 9.95. The van der Waals surface area contributed by atoms with E-state index in [0.717, 1.165) is 12.1 Å². The lowest BCUT2D eigenvalue weighted by molar-refractivity contribution is -0.139. The van der Waals surface area contributed by atoms with Gasteiger partial charge in [-0.1, -0.05) is 11.6 Å². The largest absolute Gasteiger partial charge is 0.480 e. The van der Waals surface area contributed by atoms with E-state index in [1.165, 1.54) is 6.07 Å². The van der Waals surface area contributed by atoms with Gasteiger partial charge in [-0.15, -0.1) is 0 Å². The minimum atomic E-state index is -1.26. The summed E-state index contributed by atoms with van der Waals surface area (Å²) < 4.78 is 12.9. The monoisotopic (exact) mass is 275 g/mol. The molecule has 1 aromatic carbocycles. The van der Waals surface area contributed by atoms with Crippen LogP contribution in [0.25, 0.3) is 0 Å². The molecule has 0 bridgehead atoms. The summed E-state index contributed by atoms with van der Waals surface area (Å²) in [4.78, 5) is 22.4. The SMILES string of the molecule is O=C(NC(CCO)C(=O)O)c1ccc(F)c(Cl)c1. The Morgan fingerprint density at radius 1 is 1.44 bits per heavy atom. The van der Waals surface area contributed by atoms with Crippen LogP contribution in [0.1, 0.15) is 16.8 Å². The maximum Gasteiger partial charge on any atom is 0.326 e. The standard InChI is InChI=1S/C11H11ClFNO4/c12-7-5-6(1-2-8(7)13)10(16)14-9(3-4-15)11(17)18/h1-2,5,9,15H,3-4H2,(H,14,16)(H,17,18). The number of carboxylic acid groups (broad SMARTS) is 1. The molecule has 0 saturated carbocycles. The molecular formula is C11H11ClFNO4. The first kappa shape index (κ1) is 14.4. The van der Waals surface area contributed by atoms with Crippen molar-refractivity contribution in [1.82, 2.24) is 5.32 Å². The van der Waals surface area contributed by atoms with Crippen LogP contribution < -0.4 is 5.32 Å². The average Bonchev–Trinajstić information content (AvgIpc) is 2.31. The van der Waals surface area contributed by atoms with Crippen molar-refractivity contribution in [3.8, 4) is 0 Å². The summed E-state index contributed by atoms with van der Waals surface area (Å²) in [6.45, 7) is -0.374. The van der Waals surface area contributed by atoms with E-state index in [1.807, 2.05) is 0 Å². The highest BCUT2D eigenvalue weighted by Gasteiger charge is 2.20. The van der Waals surface area contributed by atoms with E-state index >= 15 is 0 Å². The van der Waals surface area contributed by atoms with Gasteiger partial charge in [0.15, 0.2) is 0 Å². The highest BCUT2D eigenvalue weighted by molar-refractivity contribution is 6.31. The topological polar surface area (TPSA) is 86.6 Å². The summed E-state index contributed by atoms with van der Waals surface area (Å²) in [5, 5.41) is 19.4. The van der Waals surface area contributed by atoms with Crippen molar-refractivity contribution in [3.05, 3.63) is 34.6 Å². The number of benzene rings is 1. The van der Waals surface area contributed by atoms with Crippen LogP contribution in [0.5, 0.6) is 0 Å². The summed E-state index contributed by atoms with van der Waals surface area (Å²) in [7, 11) is 0. The Bertz CT molecular complexity index is 466. The summed E-state index contributed by atoms with van der Waals surface area (Å²) in [5.41, 5.74) is 0.0468. The van der Waals surface area contributed by atoms with Crippen molar-refractivity contribution in [2.45, 2.75) is 12.5 Å². The molecule has 3 N–H and O–H groups in total. The van der Waals surface area contributed by atoms with Gasteiger partial charge in [0.2, 0.25) is 0 Å². The van der Waals surface area contributed by atoms with Crippen molar-refractivity contribution in [2.24, 2.45) is 0 Å². The molecule has 1 unspecified atom stereocenters. The molecule has 1 rings (SSSR count). The molecule has 98 valence electrons. The van der Waals surface area contributed by atoms with Crippen LogP contribution in [0.15, 0.2) is 18.2 Å². The zero-order chi connectivity index (χ0) is 13.7. The van der Waals surface area contributed by atoms with Gasteiger partial charge < -0.3 is 15.5 Å². The number of nitrogens with one attached hydrogen (secondary N) is 1. The van der Waals surface area contributed by atoms with Crippen LogP contribution in [0, 0.1) is 5.82 Å². The average molecular weight is 276 g/mol. The molecule has 0 spiro atoms. The second kappa shape index (κ2) is 6.32. The predicted molar refractivity (Wildman–Crippen MR) is 62.0 cm³/mol. The maximum atomic E-state index is 12.9. The fourth-order valence-corrected chi connectivity index (χ4v) is 1.45. The van der Waals surface area contributed by atoms with Crippen LogP contribution >= 0.6 is 11.6 Å².